The Morgan fingerprint density at radius 2 is 2.07 bits per heavy atom. The van der Waals surface area contributed by atoms with Crippen molar-refractivity contribution in [2.75, 3.05) is 38.2 Å². The Labute approximate surface area is 162 Å². The lowest BCUT2D eigenvalue weighted by atomic mass is 10.1. The molecule has 1 aliphatic heterocycles. The second kappa shape index (κ2) is 8.20. The molecule has 12 heteroatoms. The predicted octanol–water partition coefficient (Wildman–Crippen LogP) is 0.960. The van der Waals surface area contributed by atoms with E-state index in [9.17, 15) is 18.5 Å². The molecule has 0 radical (unpaired) electrons. The van der Waals surface area contributed by atoms with E-state index in [0.29, 0.717) is 25.4 Å². The summed E-state index contributed by atoms with van der Waals surface area (Å²) in [4.78, 5) is 10.4. The summed E-state index contributed by atoms with van der Waals surface area (Å²) >= 11 is 0. The van der Waals surface area contributed by atoms with Crippen LogP contribution in [0.4, 0.5) is 11.4 Å². The van der Waals surface area contributed by atoms with E-state index in [1.165, 1.54) is 16.4 Å². The van der Waals surface area contributed by atoms with Gasteiger partial charge in [0.05, 0.1) is 23.8 Å². The molecule has 28 heavy (non-hydrogen) atoms. The molecule has 152 valence electrons. The summed E-state index contributed by atoms with van der Waals surface area (Å²) in [5.74, 6) is 0.689. The van der Waals surface area contributed by atoms with Crippen LogP contribution in [0.25, 0.3) is 0 Å². The van der Waals surface area contributed by atoms with Gasteiger partial charge in [-0.25, -0.2) is 8.42 Å². The number of nitro benzene ring substituents is 1. The summed E-state index contributed by atoms with van der Waals surface area (Å²) in [6.07, 6.45) is 1.59. The van der Waals surface area contributed by atoms with Gasteiger partial charge >= 0.3 is 0 Å². The first-order valence-corrected chi connectivity index (χ1v) is 10.2. The molecule has 1 aromatic carbocycles. The highest BCUT2D eigenvalue weighted by Gasteiger charge is 2.30. The molecule has 0 amide bonds. The molecule has 1 aliphatic rings. The van der Waals surface area contributed by atoms with Crippen molar-refractivity contribution < 1.29 is 18.1 Å². The number of sulfonamides is 1. The SMILES string of the molecule is CC(CNc1ccc([N+](=O)[O-])cc1S(=O)(=O)N1CCOCC1)c1nncn1C. The Morgan fingerprint density at radius 3 is 2.68 bits per heavy atom. The quantitative estimate of drug-likeness (QED) is 0.527. The monoisotopic (exact) mass is 410 g/mol. The molecule has 2 heterocycles. The minimum atomic E-state index is -3.91. The number of morpholine rings is 1. The van der Waals surface area contributed by atoms with E-state index in [0.717, 1.165) is 11.9 Å². The van der Waals surface area contributed by atoms with Crippen molar-refractivity contribution in [1.82, 2.24) is 19.1 Å². The third kappa shape index (κ3) is 4.13. The highest BCUT2D eigenvalue weighted by molar-refractivity contribution is 7.89. The molecule has 0 bridgehead atoms. The average Bonchev–Trinajstić information content (AvgIpc) is 3.12. The first kappa shape index (κ1) is 20.2. The Hall–Kier alpha value is -2.57. The number of nitrogens with zero attached hydrogens (tertiary/aromatic N) is 5. The Morgan fingerprint density at radius 1 is 1.36 bits per heavy atom. The van der Waals surface area contributed by atoms with E-state index in [-0.39, 0.29) is 29.6 Å². The number of nitrogens with one attached hydrogen (secondary N) is 1. The molecule has 0 saturated carbocycles. The molecule has 0 spiro atoms. The summed E-state index contributed by atoms with van der Waals surface area (Å²) in [6.45, 7) is 3.31. The van der Waals surface area contributed by atoms with Crippen LogP contribution in [-0.4, -0.2) is 65.3 Å². The molecule has 11 nitrogen and oxygen atoms in total. The second-order valence-electron chi connectivity index (χ2n) is 6.54. The van der Waals surface area contributed by atoms with Gasteiger partial charge in [-0.15, -0.1) is 10.2 Å². The van der Waals surface area contributed by atoms with Gasteiger partial charge in [-0.1, -0.05) is 6.92 Å². The summed E-state index contributed by atoms with van der Waals surface area (Å²) in [5, 5.41) is 22.2. The lowest BCUT2D eigenvalue weighted by Crippen LogP contribution is -2.40. The number of aromatic nitrogens is 3. The van der Waals surface area contributed by atoms with E-state index < -0.39 is 14.9 Å². The molecule has 1 fully saturated rings. The minimum absolute atomic E-state index is 0.0540. The molecule has 1 N–H and O–H groups in total. The van der Waals surface area contributed by atoms with Gasteiger partial charge in [0, 0.05) is 44.7 Å². The number of hydrogen-bond acceptors (Lipinski definition) is 8. The summed E-state index contributed by atoms with van der Waals surface area (Å²) in [5.41, 5.74) is 0.0323. The number of anilines is 1. The zero-order valence-corrected chi connectivity index (χ0v) is 16.4. The van der Waals surface area contributed by atoms with Gasteiger partial charge in [0.2, 0.25) is 10.0 Å². The van der Waals surface area contributed by atoms with E-state index in [2.05, 4.69) is 15.5 Å². The van der Waals surface area contributed by atoms with Crippen LogP contribution in [-0.2, 0) is 21.8 Å². The highest BCUT2D eigenvalue weighted by atomic mass is 32.2. The predicted molar refractivity (Wildman–Crippen MR) is 101 cm³/mol. The van der Waals surface area contributed by atoms with E-state index >= 15 is 0 Å². The van der Waals surface area contributed by atoms with Gasteiger partial charge in [0.25, 0.3) is 5.69 Å². The molecule has 1 saturated heterocycles. The van der Waals surface area contributed by atoms with E-state index in [1.54, 1.807) is 10.9 Å². The van der Waals surface area contributed by atoms with Crippen LogP contribution < -0.4 is 5.32 Å². The molecule has 1 atom stereocenters. The zero-order valence-electron chi connectivity index (χ0n) is 15.6. The van der Waals surface area contributed by atoms with Crippen LogP contribution in [0.3, 0.4) is 0 Å². The fraction of sp³-hybridized carbons (Fsp3) is 0.500. The van der Waals surface area contributed by atoms with Crippen molar-refractivity contribution in [2.24, 2.45) is 7.05 Å². The Kier molecular flexibility index (Phi) is 5.91. The van der Waals surface area contributed by atoms with Crippen LogP contribution >= 0.6 is 0 Å². The lowest BCUT2D eigenvalue weighted by molar-refractivity contribution is -0.385. The fourth-order valence-electron chi connectivity index (χ4n) is 3.00. The third-order valence-electron chi connectivity index (χ3n) is 4.55. The van der Waals surface area contributed by atoms with Crippen molar-refractivity contribution in [2.45, 2.75) is 17.7 Å². The van der Waals surface area contributed by atoms with Crippen LogP contribution in [0.15, 0.2) is 29.4 Å². The lowest BCUT2D eigenvalue weighted by Gasteiger charge is -2.27. The number of aryl methyl sites for hydroxylation is 1. The van der Waals surface area contributed by atoms with Gasteiger partial charge in [-0.2, -0.15) is 4.31 Å². The topological polar surface area (TPSA) is 132 Å². The summed E-state index contributed by atoms with van der Waals surface area (Å²) in [7, 11) is -2.08. The highest BCUT2D eigenvalue weighted by Crippen LogP contribution is 2.30. The van der Waals surface area contributed by atoms with E-state index in [4.69, 9.17) is 4.74 Å². The van der Waals surface area contributed by atoms with E-state index in [1.807, 2.05) is 14.0 Å². The van der Waals surface area contributed by atoms with Gasteiger partial charge in [0.15, 0.2) is 0 Å². The molecular weight excluding hydrogens is 388 g/mol. The van der Waals surface area contributed by atoms with Gasteiger partial charge in [0.1, 0.15) is 17.0 Å². The fourth-order valence-corrected chi connectivity index (χ4v) is 4.60. The minimum Gasteiger partial charge on any atom is -0.383 e. The maximum atomic E-state index is 13.1. The molecular formula is C16H22N6O5S. The summed E-state index contributed by atoms with van der Waals surface area (Å²) in [6, 6.07) is 3.81. The van der Waals surface area contributed by atoms with Gasteiger partial charge < -0.3 is 14.6 Å². The number of hydrogen-bond donors (Lipinski definition) is 1. The Bertz CT molecular complexity index is 954. The third-order valence-corrected chi connectivity index (χ3v) is 6.49. The number of benzene rings is 1. The standard InChI is InChI=1S/C16H22N6O5S/c1-12(16-19-18-11-20(16)2)10-17-14-4-3-13(22(23)24)9-15(14)28(25,26)21-5-7-27-8-6-21/h3-4,9,11-12,17H,5-8,10H2,1-2H3. The van der Waals surface area contributed by atoms with Crippen molar-refractivity contribution in [1.29, 1.82) is 0 Å². The normalized spacial score (nSPS) is 16.6. The van der Waals surface area contributed by atoms with Crippen molar-refractivity contribution in [3.8, 4) is 0 Å². The maximum Gasteiger partial charge on any atom is 0.270 e. The number of nitro groups is 1. The van der Waals surface area contributed by atoms with Gasteiger partial charge in [-0.05, 0) is 6.07 Å². The molecule has 1 unspecified atom stereocenters. The molecule has 0 aliphatic carbocycles. The van der Waals surface area contributed by atoms with Crippen molar-refractivity contribution in [3.05, 3.63) is 40.5 Å². The number of non-ortho nitro benzene ring substituents is 1. The van der Waals surface area contributed by atoms with Gasteiger partial charge in [-0.3, -0.25) is 10.1 Å². The average molecular weight is 410 g/mol. The van der Waals surface area contributed by atoms with Crippen LogP contribution in [0.2, 0.25) is 0 Å². The smallest absolute Gasteiger partial charge is 0.270 e. The Balaban J connectivity index is 1.90. The van der Waals surface area contributed by atoms with Crippen LogP contribution in [0.5, 0.6) is 0 Å². The maximum absolute atomic E-state index is 13.1. The molecule has 1 aromatic heterocycles. The summed E-state index contributed by atoms with van der Waals surface area (Å²) < 4.78 is 34.5. The van der Waals surface area contributed by atoms with Crippen LogP contribution in [0, 0.1) is 10.1 Å². The molecule has 3 rings (SSSR count). The van der Waals surface area contributed by atoms with Crippen LogP contribution in [0.1, 0.15) is 18.7 Å². The first-order chi connectivity index (χ1) is 13.3. The van der Waals surface area contributed by atoms with Crippen molar-refractivity contribution in [3.63, 3.8) is 0 Å². The molecule has 2 aromatic rings. The number of rotatable bonds is 7. The first-order valence-electron chi connectivity index (χ1n) is 8.75. The van der Waals surface area contributed by atoms with Crippen molar-refractivity contribution >= 4 is 21.4 Å². The zero-order chi connectivity index (χ0) is 20.3. The largest absolute Gasteiger partial charge is 0.383 e. The number of ether oxygens (including phenoxy) is 1. The second-order valence-corrected chi connectivity index (χ2v) is 8.44.